The quantitative estimate of drug-likeness (QED) is 0.901. The maximum Gasteiger partial charge on any atom is 0.268 e. The second-order valence-corrected chi connectivity index (χ2v) is 5.64. The number of anilines is 1. The highest BCUT2D eigenvalue weighted by Crippen LogP contribution is 2.17. The molecule has 0 bridgehead atoms. The molecule has 0 radical (unpaired) electrons. The second-order valence-electron chi connectivity index (χ2n) is 4.70. The molecule has 0 spiro atoms. The van der Waals surface area contributed by atoms with Gasteiger partial charge in [0.05, 0.1) is 23.4 Å². The first kappa shape index (κ1) is 13.6. The van der Waals surface area contributed by atoms with Gasteiger partial charge in [0, 0.05) is 17.1 Å². The second kappa shape index (κ2) is 5.44. The van der Waals surface area contributed by atoms with Crippen LogP contribution < -0.4 is 11.1 Å². The minimum atomic E-state index is -0.113. The zero-order chi connectivity index (χ0) is 14.0. The summed E-state index contributed by atoms with van der Waals surface area (Å²) in [6.45, 7) is 6.47. The van der Waals surface area contributed by atoms with Gasteiger partial charge in [0.15, 0.2) is 0 Å². The molecule has 0 aromatic carbocycles. The minimum absolute atomic E-state index is 0.113. The van der Waals surface area contributed by atoms with E-state index in [2.05, 4.69) is 10.3 Å². The van der Waals surface area contributed by atoms with E-state index in [4.69, 9.17) is 5.73 Å². The van der Waals surface area contributed by atoms with E-state index >= 15 is 0 Å². The van der Waals surface area contributed by atoms with Crippen molar-refractivity contribution in [3.63, 3.8) is 0 Å². The van der Waals surface area contributed by atoms with Gasteiger partial charge in [-0.2, -0.15) is 0 Å². The van der Waals surface area contributed by atoms with Gasteiger partial charge in [-0.05, 0) is 26.8 Å². The first-order chi connectivity index (χ1) is 8.99. The van der Waals surface area contributed by atoms with Crippen LogP contribution in [0.3, 0.4) is 0 Å². The predicted octanol–water partition coefficient (Wildman–Crippen LogP) is 2.35. The lowest BCUT2D eigenvalue weighted by atomic mass is 10.3. The standard InChI is InChI=1S/C13H18N4OS/c1-8(2)17-6-10(14)4-11(17)13(18)15-5-12-9(3)16-7-19-12/h4,6-8H,5,14H2,1-3H3,(H,15,18). The molecule has 0 aliphatic rings. The van der Waals surface area contributed by atoms with Crippen LogP contribution in [0.15, 0.2) is 17.8 Å². The lowest BCUT2D eigenvalue weighted by Crippen LogP contribution is -2.25. The van der Waals surface area contributed by atoms with E-state index in [1.807, 2.05) is 25.3 Å². The Morgan fingerprint density at radius 3 is 2.89 bits per heavy atom. The summed E-state index contributed by atoms with van der Waals surface area (Å²) in [5.41, 5.74) is 9.70. The summed E-state index contributed by atoms with van der Waals surface area (Å²) in [5, 5.41) is 2.91. The Labute approximate surface area is 116 Å². The van der Waals surface area contributed by atoms with Crippen molar-refractivity contribution in [1.29, 1.82) is 0 Å². The normalized spacial score (nSPS) is 10.9. The van der Waals surface area contributed by atoms with Crippen molar-refractivity contribution in [3.8, 4) is 0 Å². The summed E-state index contributed by atoms with van der Waals surface area (Å²) in [7, 11) is 0. The summed E-state index contributed by atoms with van der Waals surface area (Å²) < 4.78 is 1.88. The van der Waals surface area contributed by atoms with E-state index in [9.17, 15) is 4.79 Å². The number of carbonyl (C=O) groups excluding carboxylic acids is 1. The lowest BCUT2D eigenvalue weighted by molar-refractivity contribution is 0.0940. The van der Waals surface area contributed by atoms with Crippen LogP contribution in [0.5, 0.6) is 0 Å². The van der Waals surface area contributed by atoms with E-state index in [-0.39, 0.29) is 11.9 Å². The number of amides is 1. The fraction of sp³-hybridized carbons (Fsp3) is 0.385. The number of aryl methyl sites for hydroxylation is 1. The third kappa shape index (κ3) is 2.96. The Bertz CT molecular complexity index is 585. The Kier molecular flexibility index (Phi) is 3.90. The number of nitrogens with zero attached hydrogens (tertiary/aromatic N) is 2. The summed E-state index contributed by atoms with van der Waals surface area (Å²) in [6, 6.07) is 1.90. The van der Waals surface area contributed by atoms with E-state index < -0.39 is 0 Å². The first-order valence-electron chi connectivity index (χ1n) is 6.13. The zero-order valence-electron chi connectivity index (χ0n) is 11.3. The van der Waals surface area contributed by atoms with Gasteiger partial charge in [-0.25, -0.2) is 4.98 Å². The Balaban J connectivity index is 2.10. The van der Waals surface area contributed by atoms with E-state index in [1.54, 1.807) is 29.1 Å². The van der Waals surface area contributed by atoms with Gasteiger partial charge in [-0.1, -0.05) is 0 Å². The van der Waals surface area contributed by atoms with Crippen molar-refractivity contribution in [2.75, 3.05) is 5.73 Å². The topological polar surface area (TPSA) is 72.9 Å². The highest BCUT2D eigenvalue weighted by molar-refractivity contribution is 7.09. The molecule has 6 heteroatoms. The van der Waals surface area contributed by atoms with E-state index in [0.29, 0.717) is 17.9 Å². The Hall–Kier alpha value is -1.82. The van der Waals surface area contributed by atoms with Crippen LogP contribution in [0.1, 0.15) is 40.9 Å². The molecule has 0 aliphatic heterocycles. The molecule has 0 unspecified atom stereocenters. The highest BCUT2D eigenvalue weighted by atomic mass is 32.1. The third-order valence-corrected chi connectivity index (χ3v) is 3.85. The molecule has 2 heterocycles. The molecule has 0 fully saturated rings. The van der Waals surface area contributed by atoms with Crippen LogP contribution in [0.25, 0.3) is 0 Å². The maximum atomic E-state index is 12.2. The predicted molar refractivity (Wildman–Crippen MR) is 77.3 cm³/mol. The molecule has 5 nitrogen and oxygen atoms in total. The van der Waals surface area contributed by atoms with Crippen LogP contribution >= 0.6 is 11.3 Å². The zero-order valence-corrected chi connectivity index (χ0v) is 12.1. The van der Waals surface area contributed by atoms with Gasteiger partial charge < -0.3 is 15.6 Å². The smallest absolute Gasteiger partial charge is 0.268 e. The summed E-state index contributed by atoms with van der Waals surface area (Å²) in [4.78, 5) is 17.4. The van der Waals surface area contributed by atoms with Crippen molar-refractivity contribution in [3.05, 3.63) is 34.0 Å². The van der Waals surface area contributed by atoms with Crippen molar-refractivity contribution < 1.29 is 4.79 Å². The Morgan fingerprint density at radius 1 is 1.58 bits per heavy atom. The average molecular weight is 278 g/mol. The monoisotopic (exact) mass is 278 g/mol. The number of thiazole rings is 1. The number of hydrogen-bond acceptors (Lipinski definition) is 4. The van der Waals surface area contributed by atoms with Gasteiger partial charge >= 0.3 is 0 Å². The number of nitrogen functional groups attached to an aromatic ring is 1. The minimum Gasteiger partial charge on any atom is -0.397 e. The fourth-order valence-electron chi connectivity index (χ4n) is 1.86. The van der Waals surface area contributed by atoms with Crippen molar-refractivity contribution in [2.45, 2.75) is 33.4 Å². The van der Waals surface area contributed by atoms with Crippen molar-refractivity contribution >= 4 is 22.9 Å². The number of hydrogen-bond donors (Lipinski definition) is 2. The third-order valence-electron chi connectivity index (χ3n) is 2.91. The van der Waals surface area contributed by atoms with Crippen LogP contribution in [-0.4, -0.2) is 15.5 Å². The highest BCUT2D eigenvalue weighted by Gasteiger charge is 2.15. The van der Waals surface area contributed by atoms with Gasteiger partial charge in [-0.3, -0.25) is 4.79 Å². The molecule has 102 valence electrons. The summed E-state index contributed by atoms with van der Waals surface area (Å²) in [5.74, 6) is -0.113. The number of nitrogens with one attached hydrogen (secondary N) is 1. The van der Waals surface area contributed by atoms with Crippen LogP contribution in [0, 0.1) is 6.92 Å². The molecule has 19 heavy (non-hydrogen) atoms. The molecule has 0 aliphatic carbocycles. The number of carbonyl (C=O) groups is 1. The first-order valence-corrected chi connectivity index (χ1v) is 7.01. The summed E-state index contributed by atoms with van der Waals surface area (Å²) in [6.07, 6.45) is 1.79. The molecular weight excluding hydrogens is 260 g/mol. The Morgan fingerprint density at radius 2 is 2.32 bits per heavy atom. The molecule has 0 atom stereocenters. The number of aromatic nitrogens is 2. The molecule has 2 aromatic heterocycles. The fourth-order valence-corrected chi connectivity index (χ4v) is 2.57. The molecule has 1 amide bonds. The van der Waals surface area contributed by atoms with Gasteiger partial charge in [0.25, 0.3) is 5.91 Å². The maximum absolute atomic E-state index is 12.2. The number of rotatable bonds is 4. The lowest BCUT2D eigenvalue weighted by Gasteiger charge is -2.12. The van der Waals surface area contributed by atoms with Crippen molar-refractivity contribution in [2.24, 2.45) is 0 Å². The molecule has 2 rings (SSSR count). The molecular formula is C13H18N4OS. The molecule has 0 saturated carbocycles. The van der Waals surface area contributed by atoms with E-state index in [1.165, 1.54) is 0 Å². The number of nitrogens with two attached hydrogens (primary N) is 1. The molecule has 2 aromatic rings. The van der Waals surface area contributed by atoms with E-state index in [0.717, 1.165) is 10.6 Å². The van der Waals surface area contributed by atoms with Crippen molar-refractivity contribution in [1.82, 2.24) is 14.9 Å². The molecule has 3 N–H and O–H groups in total. The van der Waals surface area contributed by atoms with Gasteiger partial charge in [0.1, 0.15) is 5.69 Å². The molecule has 0 saturated heterocycles. The van der Waals surface area contributed by atoms with Crippen LogP contribution in [-0.2, 0) is 6.54 Å². The largest absolute Gasteiger partial charge is 0.397 e. The SMILES string of the molecule is Cc1ncsc1CNC(=O)c1cc(N)cn1C(C)C. The summed E-state index contributed by atoms with van der Waals surface area (Å²) >= 11 is 1.55. The average Bonchev–Trinajstić information content (AvgIpc) is 2.92. The van der Waals surface area contributed by atoms with Crippen LogP contribution in [0.4, 0.5) is 5.69 Å². The van der Waals surface area contributed by atoms with Crippen LogP contribution in [0.2, 0.25) is 0 Å². The van der Waals surface area contributed by atoms with Gasteiger partial charge in [-0.15, -0.1) is 11.3 Å². The van der Waals surface area contributed by atoms with Gasteiger partial charge in [0.2, 0.25) is 0 Å².